The summed E-state index contributed by atoms with van der Waals surface area (Å²) in [5.41, 5.74) is 8.23. The fourth-order valence-electron chi connectivity index (χ4n) is 9.39. The van der Waals surface area contributed by atoms with Crippen LogP contribution in [-0.4, -0.2) is 31.4 Å². The van der Waals surface area contributed by atoms with Gasteiger partial charge in [-0.15, -0.1) is 0 Å². The lowest BCUT2D eigenvalue weighted by Gasteiger charge is -2.31. The van der Waals surface area contributed by atoms with Crippen LogP contribution in [0.4, 0.5) is 0 Å². The first kappa shape index (κ1) is 34.5. The quantitative estimate of drug-likeness (QED) is 0.132. The number of rotatable bonds is 4. The van der Waals surface area contributed by atoms with Gasteiger partial charge in [-0.05, 0) is 92.2 Å². The third-order valence-electron chi connectivity index (χ3n) is 12.0. The van der Waals surface area contributed by atoms with E-state index in [1.807, 2.05) is 0 Å². The summed E-state index contributed by atoms with van der Waals surface area (Å²) >= 11 is 0. The first-order chi connectivity index (χ1) is 29.2. The maximum absolute atomic E-state index is 6.19. The number of para-hydroxylation sites is 4. The van der Waals surface area contributed by atoms with Crippen molar-refractivity contribution in [2.24, 2.45) is 0 Å². The van der Waals surface area contributed by atoms with E-state index >= 15 is 0 Å². The van der Waals surface area contributed by atoms with Gasteiger partial charge < -0.3 is 9.47 Å². The molecule has 1 aliphatic rings. The zero-order chi connectivity index (χ0) is 39.5. The van der Waals surface area contributed by atoms with Crippen molar-refractivity contribution in [2.75, 3.05) is 14.2 Å². The Morgan fingerprint density at radius 3 is 1.05 bits per heavy atom. The van der Waals surface area contributed by atoms with Gasteiger partial charge in [0.15, 0.2) is 8.07 Å². The molecule has 3 heterocycles. The second-order valence-corrected chi connectivity index (χ2v) is 18.6. The van der Waals surface area contributed by atoms with E-state index in [4.69, 9.17) is 9.47 Å². The monoisotopic (exact) mass is 772 g/mol. The third kappa shape index (κ3) is 5.19. The molecule has 0 saturated heterocycles. The molecule has 0 atom stereocenters. The van der Waals surface area contributed by atoms with Crippen LogP contribution in [0.1, 0.15) is 11.1 Å². The van der Waals surface area contributed by atoms with Crippen LogP contribution in [0.15, 0.2) is 182 Å². The standard InChI is InChI=1S/C54H36N2O2Si/c1-57-51-35-45-46-36-52(58-2)38(30-32-56-49-27-15-11-23-43(49)44-24-12-16-28-50(44)56)34-54(46)59(39-17-5-3-6-18-39,40-19-7-4-8-20-40)53(45)33-37(51)29-31-55-47-25-13-9-21-41(47)42-22-10-14-26-48(42)55/h3-28,33-36H,1-2H3. The van der Waals surface area contributed by atoms with Crippen molar-refractivity contribution >= 4 is 72.4 Å². The van der Waals surface area contributed by atoms with Gasteiger partial charge in [-0.1, -0.05) is 133 Å². The number of hydrogen-bond acceptors (Lipinski definition) is 2. The van der Waals surface area contributed by atoms with Gasteiger partial charge in [-0.3, -0.25) is 9.13 Å². The highest BCUT2D eigenvalue weighted by Crippen LogP contribution is 2.37. The molecule has 1 aliphatic heterocycles. The number of ether oxygens (including phenoxy) is 2. The van der Waals surface area contributed by atoms with Crippen molar-refractivity contribution in [1.82, 2.24) is 9.13 Å². The van der Waals surface area contributed by atoms with Gasteiger partial charge in [0, 0.05) is 33.6 Å². The van der Waals surface area contributed by atoms with Crippen LogP contribution in [0.3, 0.4) is 0 Å². The van der Waals surface area contributed by atoms with Crippen LogP contribution in [0.25, 0.3) is 54.7 Å². The van der Waals surface area contributed by atoms with Crippen LogP contribution in [0.5, 0.6) is 11.5 Å². The second kappa shape index (κ2) is 13.7. The van der Waals surface area contributed by atoms with Gasteiger partial charge in [-0.25, -0.2) is 0 Å². The van der Waals surface area contributed by atoms with E-state index in [0.717, 1.165) is 55.8 Å². The molecule has 0 amide bonds. The van der Waals surface area contributed by atoms with E-state index < -0.39 is 8.07 Å². The second-order valence-electron chi connectivity index (χ2n) is 14.9. The summed E-state index contributed by atoms with van der Waals surface area (Å²) in [5.74, 6) is 8.67. The lowest BCUT2D eigenvalue weighted by molar-refractivity contribution is 0.413. The molecule has 10 aromatic rings. The summed E-state index contributed by atoms with van der Waals surface area (Å²) in [6, 6.07) is 71.9. The highest BCUT2D eigenvalue weighted by molar-refractivity contribution is 7.22. The summed E-state index contributed by atoms with van der Waals surface area (Å²) in [7, 11) is 0.479. The first-order valence-electron chi connectivity index (χ1n) is 19.8. The maximum atomic E-state index is 6.19. The van der Waals surface area contributed by atoms with E-state index in [-0.39, 0.29) is 0 Å². The van der Waals surface area contributed by atoms with Crippen LogP contribution < -0.4 is 30.2 Å². The molecule has 0 spiro atoms. The maximum Gasteiger partial charge on any atom is 0.180 e. The van der Waals surface area contributed by atoms with Crippen molar-refractivity contribution in [2.45, 2.75) is 0 Å². The van der Waals surface area contributed by atoms with E-state index in [9.17, 15) is 0 Å². The molecule has 0 bridgehead atoms. The van der Waals surface area contributed by atoms with Gasteiger partial charge in [0.1, 0.15) is 11.5 Å². The predicted molar refractivity (Wildman–Crippen MR) is 246 cm³/mol. The molecule has 0 aliphatic carbocycles. The number of methoxy groups -OCH3 is 2. The Balaban J connectivity index is 1.17. The smallest absolute Gasteiger partial charge is 0.180 e. The lowest BCUT2D eigenvalue weighted by Crippen LogP contribution is -2.72. The Labute approximate surface area is 343 Å². The molecule has 0 N–H and O–H groups in total. The molecule has 2 aromatic heterocycles. The molecular formula is C54H36N2O2Si. The zero-order valence-electron chi connectivity index (χ0n) is 32.5. The Morgan fingerprint density at radius 2 is 0.712 bits per heavy atom. The van der Waals surface area contributed by atoms with Crippen LogP contribution in [0, 0.1) is 23.9 Å². The largest absolute Gasteiger partial charge is 0.495 e. The minimum absolute atomic E-state index is 0.725. The molecule has 8 aromatic carbocycles. The van der Waals surface area contributed by atoms with Gasteiger partial charge >= 0.3 is 0 Å². The lowest BCUT2D eigenvalue weighted by atomic mass is 10.0. The Morgan fingerprint density at radius 1 is 0.390 bits per heavy atom. The predicted octanol–water partition coefficient (Wildman–Crippen LogP) is 8.99. The molecule has 278 valence electrons. The molecule has 5 heteroatoms. The molecule has 4 nitrogen and oxygen atoms in total. The number of aromatic nitrogens is 2. The van der Waals surface area contributed by atoms with Crippen molar-refractivity contribution < 1.29 is 9.47 Å². The van der Waals surface area contributed by atoms with Crippen LogP contribution >= 0.6 is 0 Å². The van der Waals surface area contributed by atoms with Gasteiger partial charge in [0.05, 0.1) is 47.4 Å². The number of fused-ring (bicyclic) bond motifs is 9. The van der Waals surface area contributed by atoms with Gasteiger partial charge in [0.25, 0.3) is 0 Å². The third-order valence-corrected chi connectivity index (χ3v) is 16.8. The number of benzene rings is 8. The van der Waals surface area contributed by atoms with E-state index in [1.165, 1.54) is 42.3 Å². The topological polar surface area (TPSA) is 28.3 Å². The molecule has 0 fully saturated rings. The normalized spacial score (nSPS) is 12.4. The molecule has 59 heavy (non-hydrogen) atoms. The Hall–Kier alpha value is -7.70. The molecule has 0 radical (unpaired) electrons. The van der Waals surface area contributed by atoms with Gasteiger partial charge in [0.2, 0.25) is 0 Å². The van der Waals surface area contributed by atoms with Crippen molar-refractivity contribution in [3.05, 3.63) is 193 Å². The minimum atomic E-state index is -2.99. The molecule has 0 saturated carbocycles. The minimum Gasteiger partial charge on any atom is -0.495 e. The van der Waals surface area contributed by atoms with E-state index in [0.29, 0.717) is 0 Å². The van der Waals surface area contributed by atoms with E-state index in [2.05, 4.69) is 215 Å². The summed E-state index contributed by atoms with van der Waals surface area (Å²) in [6.45, 7) is 0. The average molecular weight is 773 g/mol. The fraction of sp³-hybridized carbons (Fsp3) is 0.0370. The number of nitrogens with zero attached hydrogens (tertiary/aromatic N) is 2. The van der Waals surface area contributed by atoms with Crippen LogP contribution in [-0.2, 0) is 0 Å². The average Bonchev–Trinajstić information content (AvgIpc) is 3.90. The Kier molecular flexibility index (Phi) is 8.05. The Bertz CT molecular complexity index is 3090. The fourth-order valence-corrected chi connectivity index (χ4v) is 14.6. The summed E-state index contributed by atoms with van der Waals surface area (Å²) in [5, 5.41) is 9.80. The SMILES string of the molecule is COc1cc2c(cc1C#Cn1c3ccccc3c3ccccc31)[Si](c1ccccc1)(c1ccccc1)c1cc(C#Cn3c4ccccc4c4ccccc43)c(OC)cc1-2. The zero-order valence-corrected chi connectivity index (χ0v) is 33.5. The summed E-state index contributed by atoms with van der Waals surface area (Å²) in [4.78, 5) is 0. The first-order valence-corrected chi connectivity index (χ1v) is 21.8. The van der Waals surface area contributed by atoms with E-state index in [1.54, 1.807) is 14.2 Å². The summed E-state index contributed by atoms with van der Waals surface area (Å²) < 4.78 is 16.6. The van der Waals surface area contributed by atoms with Crippen molar-refractivity contribution in [3.63, 3.8) is 0 Å². The molecular weight excluding hydrogens is 737 g/mol. The molecule has 0 unspecified atom stereocenters. The van der Waals surface area contributed by atoms with Crippen LogP contribution in [0.2, 0.25) is 0 Å². The summed E-state index contributed by atoms with van der Waals surface area (Å²) in [6.07, 6.45) is 0. The van der Waals surface area contributed by atoms with Gasteiger partial charge in [-0.2, -0.15) is 0 Å². The highest BCUT2D eigenvalue weighted by Gasteiger charge is 2.49. The highest BCUT2D eigenvalue weighted by atomic mass is 28.3. The molecule has 11 rings (SSSR count). The van der Waals surface area contributed by atoms with Crippen molar-refractivity contribution in [3.8, 4) is 46.6 Å². The number of hydrogen-bond donors (Lipinski definition) is 0. The van der Waals surface area contributed by atoms with Crippen molar-refractivity contribution in [1.29, 1.82) is 0 Å².